The molecule has 0 N–H and O–H groups in total. The first-order chi connectivity index (χ1) is 7.01. The van der Waals surface area contributed by atoms with Crippen LogP contribution in [0.5, 0.6) is 0 Å². The largest absolute Gasteiger partial charge is 0.411 e. The molecule has 0 fully saturated rings. The molecule has 0 radical (unpaired) electrons. The Bertz CT molecular complexity index is 356. The van der Waals surface area contributed by atoms with Crippen LogP contribution in [0, 0.1) is 11.3 Å². The standard InChI is InChI=1S/C8H7F3N2OS/c9-8(10,11)5-14-3-7-13-6(1-2-12)4-15-7/h4H,1,3,5H2. The van der Waals surface area contributed by atoms with Crippen LogP contribution in [0.1, 0.15) is 10.7 Å². The molecule has 3 nitrogen and oxygen atoms in total. The van der Waals surface area contributed by atoms with Crippen molar-refractivity contribution in [1.29, 1.82) is 5.26 Å². The zero-order valence-corrected chi connectivity index (χ0v) is 8.36. The van der Waals surface area contributed by atoms with E-state index in [1.807, 2.05) is 6.07 Å². The zero-order chi connectivity index (χ0) is 11.3. The van der Waals surface area contributed by atoms with Crippen molar-refractivity contribution in [3.63, 3.8) is 0 Å². The van der Waals surface area contributed by atoms with Crippen LogP contribution in [0.3, 0.4) is 0 Å². The van der Waals surface area contributed by atoms with E-state index in [9.17, 15) is 13.2 Å². The number of halogens is 3. The molecule has 0 amide bonds. The predicted molar refractivity (Wildman–Crippen MR) is 47.1 cm³/mol. The lowest BCUT2D eigenvalue weighted by Crippen LogP contribution is -2.16. The fourth-order valence-electron chi connectivity index (χ4n) is 0.831. The third-order valence-corrected chi connectivity index (χ3v) is 2.22. The van der Waals surface area contributed by atoms with Crippen LogP contribution in [0.4, 0.5) is 13.2 Å². The maximum absolute atomic E-state index is 11.7. The van der Waals surface area contributed by atoms with E-state index in [4.69, 9.17) is 5.26 Å². The van der Waals surface area contributed by atoms with Crippen LogP contribution >= 0.6 is 11.3 Å². The number of hydrogen-bond donors (Lipinski definition) is 0. The molecule has 0 aliphatic carbocycles. The Labute approximate surface area is 88.1 Å². The van der Waals surface area contributed by atoms with Crippen molar-refractivity contribution in [2.24, 2.45) is 0 Å². The SMILES string of the molecule is N#CCc1csc(COCC(F)(F)F)n1. The Hall–Kier alpha value is -1.13. The molecule has 15 heavy (non-hydrogen) atoms. The van der Waals surface area contributed by atoms with Crippen LogP contribution < -0.4 is 0 Å². The molecular formula is C8H7F3N2OS. The lowest BCUT2D eigenvalue weighted by molar-refractivity contribution is -0.176. The van der Waals surface area contributed by atoms with Gasteiger partial charge >= 0.3 is 6.18 Å². The van der Waals surface area contributed by atoms with E-state index in [1.165, 1.54) is 11.3 Å². The third kappa shape index (κ3) is 4.76. The summed E-state index contributed by atoms with van der Waals surface area (Å²) in [4.78, 5) is 3.92. The van der Waals surface area contributed by atoms with Gasteiger partial charge in [0, 0.05) is 5.38 Å². The van der Waals surface area contributed by atoms with Crippen LogP contribution in [0.2, 0.25) is 0 Å². The molecule has 0 aromatic carbocycles. The molecule has 0 aliphatic heterocycles. The molecule has 82 valence electrons. The number of ether oxygens (including phenoxy) is 1. The number of aromatic nitrogens is 1. The Kier molecular flexibility index (Phi) is 4.05. The molecule has 0 saturated carbocycles. The highest BCUT2D eigenvalue weighted by Crippen LogP contribution is 2.17. The average Bonchev–Trinajstić information content (AvgIpc) is 2.51. The van der Waals surface area contributed by atoms with Crippen LogP contribution in [0.15, 0.2) is 5.38 Å². The monoisotopic (exact) mass is 236 g/mol. The number of thiazole rings is 1. The summed E-state index contributed by atoms with van der Waals surface area (Å²) < 4.78 is 39.5. The van der Waals surface area contributed by atoms with Gasteiger partial charge in [-0.2, -0.15) is 18.4 Å². The van der Waals surface area contributed by atoms with Crippen LogP contribution in [-0.4, -0.2) is 17.8 Å². The molecule has 0 unspecified atom stereocenters. The summed E-state index contributed by atoms with van der Waals surface area (Å²) in [5, 5.41) is 10.4. The minimum Gasteiger partial charge on any atom is -0.365 e. The van der Waals surface area contributed by atoms with Crippen LogP contribution in [-0.2, 0) is 17.8 Å². The second-order valence-corrected chi connectivity index (χ2v) is 3.62. The van der Waals surface area contributed by atoms with Crippen molar-refractivity contribution in [1.82, 2.24) is 4.98 Å². The van der Waals surface area contributed by atoms with Gasteiger partial charge < -0.3 is 4.74 Å². The van der Waals surface area contributed by atoms with E-state index in [0.717, 1.165) is 0 Å². The zero-order valence-electron chi connectivity index (χ0n) is 7.54. The van der Waals surface area contributed by atoms with Crippen molar-refractivity contribution >= 4 is 11.3 Å². The maximum Gasteiger partial charge on any atom is 0.411 e. The summed E-state index contributed by atoms with van der Waals surface area (Å²) in [5.41, 5.74) is 0.563. The molecule has 1 aromatic heterocycles. The van der Waals surface area contributed by atoms with Gasteiger partial charge in [-0.05, 0) is 0 Å². The first-order valence-electron chi connectivity index (χ1n) is 3.96. The van der Waals surface area contributed by atoms with E-state index in [0.29, 0.717) is 10.7 Å². The number of nitriles is 1. The first kappa shape index (κ1) is 11.9. The van der Waals surface area contributed by atoms with Crippen molar-refractivity contribution in [3.8, 4) is 6.07 Å². The van der Waals surface area contributed by atoms with Gasteiger partial charge in [0.2, 0.25) is 0 Å². The third-order valence-electron chi connectivity index (χ3n) is 1.35. The highest BCUT2D eigenvalue weighted by Gasteiger charge is 2.27. The molecule has 0 saturated heterocycles. The van der Waals surface area contributed by atoms with Gasteiger partial charge in [0.15, 0.2) is 0 Å². The van der Waals surface area contributed by atoms with E-state index >= 15 is 0 Å². The van der Waals surface area contributed by atoms with Gasteiger partial charge in [0.05, 0.1) is 24.8 Å². The Balaban J connectivity index is 2.35. The number of rotatable bonds is 4. The summed E-state index contributed by atoms with van der Waals surface area (Å²) in [6.07, 6.45) is -4.15. The molecular weight excluding hydrogens is 229 g/mol. The van der Waals surface area contributed by atoms with Gasteiger partial charge in [-0.25, -0.2) is 4.98 Å². The molecule has 0 atom stereocenters. The second kappa shape index (κ2) is 5.09. The van der Waals surface area contributed by atoms with Crippen molar-refractivity contribution < 1.29 is 17.9 Å². The Morgan fingerprint density at radius 1 is 1.53 bits per heavy atom. The average molecular weight is 236 g/mol. The van der Waals surface area contributed by atoms with Gasteiger partial charge in [-0.1, -0.05) is 0 Å². The van der Waals surface area contributed by atoms with Crippen molar-refractivity contribution in [3.05, 3.63) is 16.1 Å². The molecule has 7 heteroatoms. The maximum atomic E-state index is 11.7. The molecule has 0 aliphatic rings. The molecule has 0 bridgehead atoms. The fraction of sp³-hybridized carbons (Fsp3) is 0.500. The smallest absolute Gasteiger partial charge is 0.365 e. The van der Waals surface area contributed by atoms with Crippen molar-refractivity contribution in [2.45, 2.75) is 19.2 Å². The minimum absolute atomic E-state index is 0.162. The lowest BCUT2D eigenvalue weighted by Gasteiger charge is -2.05. The normalized spacial score (nSPS) is 11.3. The molecule has 0 spiro atoms. The van der Waals surface area contributed by atoms with E-state index < -0.39 is 12.8 Å². The Morgan fingerprint density at radius 3 is 2.87 bits per heavy atom. The quantitative estimate of drug-likeness (QED) is 0.805. The minimum atomic E-state index is -4.31. The summed E-state index contributed by atoms with van der Waals surface area (Å²) in [7, 11) is 0. The molecule has 1 aromatic rings. The first-order valence-corrected chi connectivity index (χ1v) is 4.84. The lowest BCUT2D eigenvalue weighted by atomic mass is 10.4. The topological polar surface area (TPSA) is 45.9 Å². The van der Waals surface area contributed by atoms with E-state index in [2.05, 4.69) is 9.72 Å². The van der Waals surface area contributed by atoms with E-state index in [-0.39, 0.29) is 13.0 Å². The summed E-state index contributed by atoms with van der Waals surface area (Å²) in [6.45, 7) is -1.45. The van der Waals surface area contributed by atoms with Gasteiger partial charge in [-0.3, -0.25) is 0 Å². The number of alkyl halides is 3. The van der Waals surface area contributed by atoms with Gasteiger partial charge in [0.25, 0.3) is 0 Å². The molecule has 1 heterocycles. The second-order valence-electron chi connectivity index (χ2n) is 2.68. The summed E-state index contributed by atoms with van der Waals surface area (Å²) in [6, 6.07) is 1.90. The highest BCUT2D eigenvalue weighted by molar-refractivity contribution is 7.09. The van der Waals surface area contributed by atoms with Crippen LogP contribution in [0.25, 0.3) is 0 Å². The predicted octanol–water partition coefficient (Wildman–Crippen LogP) is 2.29. The Morgan fingerprint density at radius 2 is 2.27 bits per heavy atom. The van der Waals surface area contributed by atoms with Gasteiger partial charge in [-0.15, -0.1) is 11.3 Å². The fourth-order valence-corrected chi connectivity index (χ4v) is 1.56. The number of hydrogen-bond acceptors (Lipinski definition) is 4. The highest BCUT2D eigenvalue weighted by atomic mass is 32.1. The summed E-state index contributed by atoms with van der Waals surface area (Å²) in [5.74, 6) is 0. The van der Waals surface area contributed by atoms with E-state index in [1.54, 1.807) is 5.38 Å². The van der Waals surface area contributed by atoms with Crippen molar-refractivity contribution in [2.75, 3.05) is 6.61 Å². The molecule has 1 rings (SSSR count). The van der Waals surface area contributed by atoms with Gasteiger partial charge in [0.1, 0.15) is 11.6 Å². The number of nitrogens with zero attached hydrogens (tertiary/aromatic N) is 2. The summed E-state index contributed by atoms with van der Waals surface area (Å²) >= 11 is 1.19.